The summed E-state index contributed by atoms with van der Waals surface area (Å²) in [5.41, 5.74) is 2.00. The van der Waals surface area contributed by atoms with Crippen molar-refractivity contribution in [1.82, 2.24) is 0 Å². The van der Waals surface area contributed by atoms with E-state index in [2.05, 4.69) is 0 Å². The van der Waals surface area contributed by atoms with Crippen molar-refractivity contribution in [3.63, 3.8) is 0 Å². The first-order valence-corrected chi connectivity index (χ1v) is 6.53. The number of ether oxygens (including phenoxy) is 1. The minimum atomic E-state index is -0.491. The molecule has 0 bridgehead atoms. The van der Waals surface area contributed by atoms with Gasteiger partial charge in [-0.2, -0.15) is 10.5 Å². The SMILES string of the molecule is Cc1ccc(OC(=O)c2cccc(C=C(C#N)C#N)c2)cc1. The number of carbonyl (C=O) groups excluding carboxylic acids is 1. The normalized spacial score (nSPS) is 9.23. The zero-order valence-corrected chi connectivity index (χ0v) is 11.9. The molecule has 0 aliphatic carbocycles. The maximum absolute atomic E-state index is 12.1. The first-order chi connectivity index (χ1) is 10.6. The highest BCUT2D eigenvalue weighted by Crippen LogP contribution is 2.15. The Morgan fingerprint density at radius 1 is 1.09 bits per heavy atom. The van der Waals surface area contributed by atoms with Crippen molar-refractivity contribution in [2.24, 2.45) is 0 Å². The van der Waals surface area contributed by atoms with E-state index in [4.69, 9.17) is 15.3 Å². The van der Waals surface area contributed by atoms with Crippen molar-refractivity contribution < 1.29 is 9.53 Å². The topological polar surface area (TPSA) is 73.9 Å². The average molecular weight is 288 g/mol. The molecule has 0 amide bonds. The molecule has 2 aromatic carbocycles. The lowest BCUT2D eigenvalue weighted by atomic mass is 10.1. The number of rotatable bonds is 3. The van der Waals surface area contributed by atoms with Gasteiger partial charge in [0.05, 0.1) is 5.56 Å². The number of nitrogens with zero attached hydrogens (tertiary/aromatic N) is 2. The fraction of sp³-hybridized carbons (Fsp3) is 0.0556. The van der Waals surface area contributed by atoms with Crippen LogP contribution in [0.1, 0.15) is 21.5 Å². The first-order valence-electron chi connectivity index (χ1n) is 6.53. The number of carbonyl (C=O) groups is 1. The summed E-state index contributed by atoms with van der Waals surface area (Å²) < 4.78 is 5.28. The molecule has 0 saturated carbocycles. The molecule has 0 aromatic heterocycles. The van der Waals surface area contributed by atoms with Crippen LogP contribution >= 0.6 is 0 Å². The third-order valence-corrected chi connectivity index (χ3v) is 2.91. The smallest absolute Gasteiger partial charge is 0.343 e. The molecule has 22 heavy (non-hydrogen) atoms. The largest absolute Gasteiger partial charge is 0.423 e. The molecule has 2 aromatic rings. The lowest BCUT2D eigenvalue weighted by Gasteiger charge is -2.05. The first kappa shape index (κ1) is 15.0. The number of hydrogen-bond acceptors (Lipinski definition) is 4. The molecule has 0 unspecified atom stereocenters. The molecular weight excluding hydrogens is 276 g/mol. The molecule has 0 radical (unpaired) electrons. The van der Waals surface area contributed by atoms with Gasteiger partial charge in [0, 0.05) is 0 Å². The Morgan fingerprint density at radius 3 is 2.41 bits per heavy atom. The quantitative estimate of drug-likeness (QED) is 0.491. The van der Waals surface area contributed by atoms with E-state index < -0.39 is 5.97 Å². The maximum Gasteiger partial charge on any atom is 0.343 e. The monoisotopic (exact) mass is 288 g/mol. The zero-order chi connectivity index (χ0) is 15.9. The Morgan fingerprint density at radius 2 is 1.77 bits per heavy atom. The number of esters is 1. The Hall–Kier alpha value is -3.37. The van der Waals surface area contributed by atoms with Crippen molar-refractivity contribution in [3.8, 4) is 17.9 Å². The van der Waals surface area contributed by atoms with Crippen molar-refractivity contribution in [1.29, 1.82) is 10.5 Å². The van der Waals surface area contributed by atoms with Gasteiger partial charge in [0.1, 0.15) is 23.5 Å². The summed E-state index contributed by atoms with van der Waals surface area (Å²) in [5.74, 6) is -0.0270. The van der Waals surface area contributed by atoms with Crippen molar-refractivity contribution in [2.75, 3.05) is 0 Å². The van der Waals surface area contributed by atoms with E-state index in [1.807, 2.05) is 19.1 Å². The van der Waals surface area contributed by atoms with E-state index >= 15 is 0 Å². The van der Waals surface area contributed by atoms with Crippen LogP contribution in [0.4, 0.5) is 0 Å². The van der Waals surface area contributed by atoms with Gasteiger partial charge in [0.2, 0.25) is 0 Å². The highest BCUT2D eigenvalue weighted by Gasteiger charge is 2.09. The summed E-state index contributed by atoms with van der Waals surface area (Å²) in [4.78, 5) is 12.1. The third-order valence-electron chi connectivity index (χ3n) is 2.91. The zero-order valence-electron chi connectivity index (χ0n) is 11.9. The second kappa shape index (κ2) is 6.88. The van der Waals surface area contributed by atoms with Crippen molar-refractivity contribution in [3.05, 3.63) is 70.8 Å². The van der Waals surface area contributed by atoms with Gasteiger partial charge in [0.15, 0.2) is 0 Å². The van der Waals surface area contributed by atoms with E-state index in [9.17, 15) is 4.79 Å². The lowest BCUT2D eigenvalue weighted by molar-refractivity contribution is 0.0734. The van der Waals surface area contributed by atoms with Gasteiger partial charge < -0.3 is 4.74 Å². The summed E-state index contributed by atoms with van der Waals surface area (Å²) in [6.07, 6.45) is 1.42. The van der Waals surface area contributed by atoms with E-state index in [0.29, 0.717) is 16.9 Å². The van der Waals surface area contributed by atoms with Crippen LogP contribution in [-0.4, -0.2) is 5.97 Å². The Bertz CT molecular complexity index is 790. The fourth-order valence-electron chi connectivity index (χ4n) is 1.78. The molecule has 0 spiro atoms. The minimum Gasteiger partial charge on any atom is -0.423 e. The van der Waals surface area contributed by atoms with Crippen molar-refractivity contribution in [2.45, 2.75) is 6.92 Å². The lowest BCUT2D eigenvalue weighted by Crippen LogP contribution is -2.08. The Labute approximate surface area is 128 Å². The van der Waals surface area contributed by atoms with E-state index in [1.165, 1.54) is 6.08 Å². The molecule has 0 heterocycles. The van der Waals surface area contributed by atoms with E-state index in [0.717, 1.165) is 5.56 Å². The number of allylic oxidation sites excluding steroid dienone is 1. The van der Waals surface area contributed by atoms with Gasteiger partial charge in [-0.15, -0.1) is 0 Å². The number of aryl methyl sites for hydroxylation is 1. The third kappa shape index (κ3) is 3.82. The molecule has 106 valence electrons. The maximum atomic E-state index is 12.1. The number of benzene rings is 2. The Balaban J connectivity index is 2.21. The second-order valence-corrected chi connectivity index (χ2v) is 4.61. The van der Waals surface area contributed by atoms with Crippen LogP contribution in [0.3, 0.4) is 0 Å². The van der Waals surface area contributed by atoms with Gasteiger partial charge in [-0.1, -0.05) is 29.8 Å². The summed E-state index contributed by atoms with van der Waals surface area (Å²) in [6, 6.07) is 17.3. The highest BCUT2D eigenvalue weighted by molar-refractivity contribution is 5.91. The van der Waals surface area contributed by atoms with Crippen LogP contribution in [0, 0.1) is 29.6 Å². The average Bonchev–Trinajstić information content (AvgIpc) is 2.55. The molecule has 0 atom stereocenters. The second-order valence-electron chi connectivity index (χ2n) is 4.61. The van der Waals surface area contributed by atoms with Gasteiger partial charge in [0.25, 0.3) is 0 Å². The molecule has 0 aliphatic heterocycles. The van der Waals surface area contributed by atoms with Crippen LogP contribution < -0.4 is 4.74 Å². The van der Waals surface area contributed by atoms with Crippen LogP contribution in [-0.2, 0) is 0 Å². The van der Waals surface area contributed by atoms with Crippen molar-refractivity contribution >= 4 is 12.0 Å². The summed E-state index contributed by atoms with van der Waals surface area (Å²) in [5, 5.41) is 17.5. The van der Waals surface area contributed by atoms with E-state index in [1.54, 1.807) is 48.5 Å². The predicted octanol–water partition coefficient (Wildman–Crippen LogP) is 3.64. The molecule has 4 heteroatoms. The van der Waals surface area contributed by atoms with Gasteiger partial charge in [-0.25, -0.2) is 4.79 Å². The molecule has 0 N–H and O–H groups in total. The van der Waals surface area contributed by atoms with Crippen LogP contribution in [0.25, 0.3) is 6.08 Å². The van der Waals surface area contributed by atoms with Gasteiger partial charge in [-0.3, -0.25) is 0 Å². The Kier molecular flexibility index (Phi) is 4.70. The van der Waals surface area contributed by atoms with Gasteiger partial charge in [-0.05, 0) is 42.8 Å². The molecule has 4 nitrogen and oxygen atoms in total. The predicted molar refractivity (Wildman–Crippen MR) is 81.8 cm³/mol. The molecular formula is C18H12N2O2. The van der Waals surface area contributed by atoms with Crippen LogP contribution in [0.2, 0.25) is 0 Å². The minimum absolute atomic E-state index is 0.0240. The fourth-order valence-corrected chi connectivity index (χ4v) is 1.78. The summed E-state index contributed by atoms with van der Waals surface area (Å²) >= 11 is 0. The summed E-state index contributed by atoms with van der Waals surface area (Å²) in [6.45, 7) is 1.95. The summed E-state index contributed by atoms with van der Waals surface area (Å²) in [7, 11) is 0. The molecule has 0 fully saturated rings. The molecule has 0 saturated heterocycles. The molecule has 0 aliphatic rings. The number of hydrogen-bond donors (Lipinski definition) is 0. The standard InChI is InChI=1S/C18H12N2O2/c1-13-5-7-17(8-6-13)22-18(21)16-4-2-3-14(10-16)9-15(11-19)12-20/h2-10H,1H3. The van der Waals surface area contributed by atoms with E-state index in [-0.39, 0.29) is 5.57 Å². The van der Waals surface area contributed by atoms with Gasteiger partial charge >= 0.3 is 5.97 Å². The molecule has 2 rings (SSSR count). The van der Waals surface area contributed by atoms with Crippen LogP contribution in [0.5, 0.6) is 5.75 Å². The highest BCUT2D eigenvalue weighted by atomic mass is 16.5. The van der Waals surface area contributed by atoms with Crippen LogP contribution in [0.15, 0.2) is 54.1 Å². The number of nitriles is 2.